The Bertz CT molecular complexity index is 447. The molecule has 0 fully saturated rings. The molecule has 112 valence electrons. The molecule has 0 saturated carbocycles. The maximum atomic E-state index is 11.8. The molecule has 1 atom stereocenters. The lowest BCUT2D eigenvalue weighted by Crippen LogP contribution is -2.43. The predicted octanol–water partition coefficient (Wildman–Crippen LogP) is 1.65. The summed E-state index contributed by atoms with van der Waals surface area (Å²) in [4.78, 5) is 11.8. The number of benzene rings is 1. The van der Waals surface area contributed by atoms with Crippen LogP contribution in [-0.4, -0.2) is 31.2 Å². The van der Waals surface area contributed by atoms with Crippen LogP contribution in [0.25, 0.3) is 0 Å². The van der Waals surface area contributed by atoms with Crippen LogP contribution < -0.4 is 15.4 Å². The van der Waals surface area contributed by atoms with Gasteiger partial charge < -0.3 is 20.5 Å². The minimum atomic E-state index is -0.262. The molecule has 0 aromatic heterocycles. The second-order valence-corrected chi connectivity index (χ2v) is 5.17. The Morgan fingerprint density at radius 3 is 2.60 bits per heavy atom. The van der Waals surface area contributed by atoms with Crippen LogP contribution >= 0.6 is 0 Å². The molecule has 0 radical (unpaired) electrons. The van der Waals surface area contributed by atoms with E-state index in [2.05, 4.69) is 24.5 Å². The van der Waals surface area contributed by atoms with Crippen LogP contribution in [0.3, 0.4) is 0 Å². The summed E-state index contributed by atoms with van der Waals surface area (Å²) < 4.78 is 5.04. The van der Waals surface area contributed by atoms with E-state index in [1.54, 1.807) is 32.4 Å². The average Bonchev–Trinajstić information content (AvgIpc) is 2.43. The smallest absolute Gasteiger partial charge is 0.236 e. The first kappa shape index (κ1) is 16.3. The van der Waals surface area contributed by atoms with Crippen molar-refractivity contribution in [2.75, 3.05) is 14.2 Å². The third kappa shape index (κ3) is 4.74. The minimum absolute atomic E-state index is 0.0355. The monoisotopic (exact) mass is 280 g/mol. The third-order valence-electron chi connectivity index (χ3n) is 3.10. The van der Waals surface area contributed by atoms with E-state index in [1.807, 2.05) is 0 Å². The summed E-state index contributed by atoms with van der Waals surface area (Å²) in [7, 11) is 3.18. The molecule has 0 saturated heterocycles. The van der Waals surface area contributed by atoms with E-state index in [9.17, 15) is 9.90 Å². The van der Waals surface area contributed by atoms with Gasteiger partial charge in [-0.25, -0.2) is 0 Å². The first-order chi connectivity index (χ1) is 9.47. The number of rotatable bonds is 7. The fraction of sp³-hybridized carbons (Fsp3) is 0.533. The Morgan fingerprint density at radius 2 is 2.10 bits per heavy atom. The van der Waals surface area contributed by atoms with Crippen LogP contribution in [0.2, 0.25) is 0 Å². The standard InChI is InChI=1S/C15H24N2O3/c1-10(2)7-13(15(19)16-3)17-9-11-5-6-12(20-4)8-14(11)18/h5-6,8,10,13,17-18H,7,9H2,1-4H3,(H,16,19). The van der Waals surface area contributed by atoms with E-state index in [-0.39, 0.29) is 17.7 Å². The predicted molar refractivity (Wildman–Crippen MR) is 78.8 cm³/mol. The summed E-state index contributed by atoms with van der Waals surface area (Å²) in [6.45, 7) is 4.57. The second kappa shape index (κ2) is 7.75. The largest absolute Gasteiger partial charge is 0.507 e. The van der Waals surface area contributed by atoms with Crippen LogP contribution in [-0.2, 0) is 11.3 Å². The summed E-state index contributed by atoms with van der Waals surface area (Å²) in [6, 6.07) is 4.88. The normalized spacial score (nSPS) is 12.2. The van der Waals surface area contributed by atoms with Gasteiger partial charge in [0.05, 0.1) is 13.2 Å². The number of carbonyl (C=O) groups excluding carboxylic acids is 1. The number of hydrogen-bond donors (Lipinski definition) is 3. The van der Waals surface area contributed by atoms with Crippen LogP contribution in [0.1, 0.15) is 25.8 Å². The lowest BCUT2D eigenvalue weighted by molar-refractivity contribution is -0.123. The van der Waals surface area contributed by atoms with E-state index in [4.69, 9.17) is 4.74 Å². The number of likely N-dealkylation sites (N-methyl/N-ethyl adjacent to an activating group) is 1. The summed E-state index contributed by atoms with van der Waals surface area (Å²) in [5, 5.41) is 15.7. The number of phenols is 1. The molecule has 1 unspecified atom stereocenters. The molecule has 3 N–H and O–H groups in total. The van der Waals surface area contributed by atoms with Gasteiger partial charge in [0.25, 0.3) is 0 Å². The van der Waals surface area contributed by atoms with E-state index < -0.39 is 0 Å². The van der Waals surface area contributed by atoms with Gasteiger partial charge in [-0.15, -0.1) is 0 Å². The molecule has 0 aliphatic heterocycles. The first-order valence-electron chi connectivity index (χ1n) is 6.78. The molecule has 0 spiro atoms. The maximum absolute atomic E-state index is 11.8. The number of ether oxygens (including phenoxy) is 1. The number of carbonyl (C=O) groups is 1. The van der Waals surface area contributed by atoms with Crippen molar-refractivity contribution in [1.29, 1.82) is 0 Å². The van der Waals surface area contributed by atoms with Gasteiger partial charge >= 0.3 is 0 Å². The zero-order valence-electron chi connectivity index (χ0n) is 12.6. The van der Waals surface area contributed by atoms with Crippen molar-refractivity contribution >= 4 is 5.91 Å². The molecule has 1 aromatic carbocycles. The number of nitrogens with one attached hydrogen (secondary N) is 2. The Morgan fingerprint density at radius 1 is 1.40 bits per heavy atom. The van der Waals surface area contributed by atoms with E-state index >= 15 is 0 Å². The van der Waals surface area contributed by atoms with Crippen molar-refractivity contribution in [3.05, 3.63) is 23.8 Å². The van der Waals surface area contributed by atoms with Crippen molar-refractivity contribution in [2.24, 2.45) is 5.92 Å². The Hall–Kier alpha value is -1.75. The Kier molecular flexibility index (Phi) is 6.31. The topological polar surface area (TPSA) is 70.6 Å². The minimum Gasteiger partial charge on any atom is -0.507 e. The molecule has 0 bridgehead atoms. The lowest BCUT2D eigenvalue weighted by atomic mass is 10.0. The molecular formula is C15H24N2O3. The van der Waals surface area contributed by atoms with Gasteiger partial charge in [-0.1, -0.05) is 19.9 Å². The third-order valence-corrected chi connectivity index (χ3v) is 3.10. The number of hydrogen-bond acceptors (Lipinski definition) is 4. The van der Waals surface area contributed by atoms with Gasteiger partial charge in [-0.05, 0) is 18.4 Å². The van der Waals surface area contributed by atoms with Crippen LogP contribution in [0.5, 0.6) is 11.5 Å². The van der Waals surface area contributed by atoms with Gasteiger partial charge in [-0.2, -0.15) is 0 Å². The molecule has 5 nitrogen and oxygen atoms in total. The zero-order chi connectivity index (χ0) is 15.1. The highest BCUT2D eigenvalue weighted by Gasteiger charge is 2.18. The zero-order valence-corrected chi connectivity index (χ0v) is 12.6. The summed E-state index contributed by atoms with van der Waals surface area (Å²) in [5.41, 5.74) is 0.739. The van der Waals surface area contributed by atoms with Gasteiger partial charge in [0, 0.05) is 25.2 Å². The number of phenolic OH excluding ortho intramolecular Hbond substituents is 1. The number of methoxy groups -OCH3 is 1. The van der Waals surface area contributed by atoms with E-state index in [0.717, 1.165) is 12.0 Å². The van der Waals surface area contributed by atoms with Crippen LogP contribution in [0.4, 0.5) is 0 Å². The molecule has 0 aliphatic carbocycles. The fourth-order valence-electron chi connectivity index (χ4n) is 1.98. The SMILES string of the molecule is CNC(=O)C(CC(C)C)NCc1ccc(OC)cc1O. The van der Waals surface area contributed by atoms with E-state index in [1.165, 1.54) is 0 Å². The second-order valence-electron chi connectivity index (χ2n) is 5.17. The molecule has 0 heterocycles. The fourth-order valence-corrected chi connectivity index (χ4v) is 1.98. The van der Waals surface area contributed by atoms with E-state index in [0.29, 0.717) is 18.2 Å². The molecule has 1 aromatic rings. The summed E-state index contributed by atoms with van der Waals surface area (Å²) in [6.07, 6.45) is 0.747. The van der Waals surface area contributed by atoms with Crippen molar-refractivity contribution < 1.29 is 14.6 Å². The van der Waals surface area contributed by atoms with Gasteiger partial charge in [0.2, 0.25) is 5.91 Å². The average molecular weight is 280 g/mol. The van der Waals surface area contributed by atoms with Crippen molar-refractivity contribution in [3.63, 3.8) is 0 Å². The quantitative estimate of drug-likeness (QED) is 0.710. The number of aromatic hydroxyl groups is 1. The highest BCUT2D eigenvalue weighted by molar-refractivity contribution is 5.81. The molecule has 0 aliphatic rings. The van der Waals surface area contributed by atoms with Gasteiger partial charge in [0.1, 0.15) is 11.5 Å². The number of amides is 1. The first-order valence-corrected chi connectivity index (χ1v) is 6.78. The van der Waals surface area contributed by atoms with Crippen LogP contribution in [0.15, 0.2) is 18.2 Å². The van der Waals surface area contributed by atoms with Crippen molar-refractivity contribution in [2.45, 2.75) is 32.9 Å². The van der Waals surface area contributed by atoms with Crippen LogP contribution in [0, 0.1) is 5.92 Å². The Labute approximate surface area is 120 Å². The molecule has 20 heavy (non-hydrogen) atoms. The highest BCUT2D eigenvalue weighted by Crippen LogP contribution is 2.23. The maximum Gasteiger partial charge on any atom is 0.236 e. The van der Waals surface area contributed by atoms with Gasteiger partial charge in [0.15, 0.2) is 0 Å². The lowest BCUT2D eigenvalue weighted by Gasteiger charge is -2.19. The molecule has 5 heteroatoms. The molecule has 1 amide bonds. The highest BCUT2D eigenvalue weighted by atomic mass is 16.5. The van der Waals surface area contributed by atoms with Crippen molar-refractivity contribution in [1.82, 2.24) is 10.6 Å². The summed E-state index contributed by atoms with van der Waals surface area (Å²) in [5.74, 6) is 1.15. The van der Waals surface area contributed by atoms with Crippen molar-refractivity contribution in [3.8, 4) is 11.5 Å². The molecular weight excluding hydrogens is 256 g/mol. The Balaban J connectivity index is 2.69. The summed E-state index contributed by atoms with van der Waals surface area (Å²) >= 11 is 0. The molecule has 1 rings (SSSR count). The van der Waals surface area contributed by atoms with Gasteiger partial charge in [-0.3, -0.25) is 4.79 Å².